The lowest BCUT2D eigenvalue weighted by Gasteiger charge is -1.98. The molecule has 0 radical (unpaired) electrons. The van der Waals surface area contributed by atoms with Crippen LogP contribution in [-0.2, 0) is 7.05 Å². The Hall–Kier alpha value is -1.84. The number of rotatable bonds is 1. The molecular formula is C10H10N2O2. The van der Waals surface area contributed by atoms with Gasteiger partial charge in [-0.2, -0.15) is 0 Å². The van der Waals surface area contributed by atoms with E-state index in [1.807, 2.05) is 24.6 Å². The topological polar surface area (TPSA) is 55.1 Å². The Morgan fingerprint density at radius 2 is 2.21 bits per heavy atom. The highest BCUT2D eigenvalue weighted by atomic mass is 16.4. The van der Waals surface area contributed by atoms with Crippen molar-refractivity contribution in [2.75, 3.05) is 0 Å². The Morgan fingerprint density at radius 3 is 2.86 bits per heavy atom. The number of pyridine rings is 1. The molecule has 0 unspecified atom stereocenters. The first kappa shape index (κ1) is 8.74. The Labute approximate surface area is 80.8 Å². The van der Waals surface area contributed by atoms with E-state index >= 15 is 0 Å². The molecule has 2 aromatic rings. The van der Waals surface area contributed by atoms with Crippen molar-refractivity contribution >= 4 is 17.0 Å². The Bertz CT molecular complexity index is 514. The van der Waals surface area contributed by atoms with E-state index in [0.717, 1.165) is 11.1 Å². The fourth-order valence-corrected chi connectivity index (χ4v) is 1.45. The number of nitrogens with zero attached hydrogens (tertiary/aromatic N) is 2. The van der Waals surface area contributed by atoms with Crippen LogP contribution in [0.25, 0.3) is 11.0 Å². The van der Waals surface area contributed by atoms with E-state index in [0.29, 0.717) is 5.65 Å². The number of fused-ring (bicyclic) bond motifs is 1. The summed E-state index contributed by atoms with van der Waals surface area (Å²) in [6, 6.07) is 5.27. The molecule has 72 valence electrons. The molecule has 0 aliphatic heterocycles. The third-order valence-corrected chi connectivity index (χ3v) is 2.34. The monoisotopic (exact) mass is 190 g/mol. The van der Waals surface area contributed by atoms with Gasteiger partial charge in [0, 0.05) is 18.1 Å². The molecule has 2 heterocycles. The van der Waals surface area contributed by atoms with Gasteiger partial charge in [-0.1, -0.05) is 0 Å². The summed E-state index contributed by atoms with van der Waals surface area (Å²) in [4.78, 5) is 14.7. The molecule has 0 saturated carbocycles. The van der Waals surface area contributed by atoms with Crippen LogP contribution < -0.4 is 0 Å². The molecule has 0 spiro atoms. The van der Waals surface area contributed by atoms with Crippen LogP contribution >= 0.6 is 0 Å². The molecule has 0 fully saturated rings. The minimum absolute atomic E-state index is 0.0821. The normalized spacial score (nSPS) is 10.7. The zero-order chi connectivity index (χ0) is 10.3. The molecule has 4 nitrogen and oxygen atoms in total. The maximum atomic E-state index is 10.7. The molecule has 0 amide bonds. The molecule has 2 rings (SSSR count). The Morgan fingerprint density at radius 1 is 1.50 bits per heavy atom. The number of aromatic carboxylic acids is 1. The minimum Gasteiger partial charge on any atom is -0.477 e. The third-order valence-electron chi connectivity index (χ3n) is 2.34. The quantitative estimate of drug-likeness (QED) is 0.742. The summed E-state index contributed by atoms with van der Waals surface area (Å²) >= 11 is 0. The smallest absolute Gasteiger partial charge is 0.354 e. The first-order chi connectivity index (χ1) is 6.59. The van der Waals surface area contributed by atoms with Crippen LogP contribution in [0, 0.1) is 6.92 Å². The van der Waals surface area contributed by atoms with Crippen LogP contribution in [0.2, 0.25) is 0 Å². The molecule has 2 aromatic heterocycles. The number of hydrogen-bond donors (Lipinski definition) is 1. The zero-order valence-corrected chi connectivity index (χ0v) is 7.98. The van der Waals surface area contributed by atoms with Crippen LogP contribution in [0.1, 0.15) is 16.2 Å². The largest absolute Gasteiger partial charge is 0.477 e. The van der Waals surface area contributed by atoms with Crippen molar-refractivity contribution in [1.29, 1.82) is 0 Å². The summed E-state index contributed by atoms with van der Waals surface area (Å²) in [5, 5.41) is 9.74. The average molecular weight is 190 g/mol. The molecule has 14 heavy (non-hydrogen) atoms. The van der Waals surface area contributed by atoms with E-state index in [1.54, 1.807) is 6.07 Å². The van der Waals surface area contributed by atoms with Crippen LogP contribution in [0.3, 0.4) is 0 Å². The van der Waals surface area contributed by atoms with Crippen LogP contribution in [0.4, 0.5) is 0 Å². The van der Waals surface area contributed by atoms with Gasteiger partial charge in [-0.3, -0.25) is 0 Å². The van der Waals surface area contributed by atoms with E-state index < -0.39 is 5.97 Å². The molecule has 0 aromatic carbocycles. The predicted molar refractivity (Wildman–Crippen MR) is 52.4 cm³/mol. The highest BCUT2D eigenvalue weighted by Gasteiger charge is 2.08. The van der Waals surface area contributed by atoms with E-state index in [1.165, 1.54) is 6.07 Å². The lowest BCUT2D eigenvalue weighted by Crippen LogP contribution is -2.01. The lowest BCUT2D eigenvalue weighted by atomic mass is 10.3. The van der Waals surface area contributed by atoms with Gasteiger partial charge in [-0.25, -0.2) is 9.78 Å². The fourth-order valence-electron chi connectivity index (χ4n) is 1.45. The van der Waals surface area contributed by atoms with Gasteiger partial charge in [0.1, 0.15) is 5.65 Å². The van der Waals surface area contributed by atoms with Gasteiger partial charge in [0.05, 0.1) is 0 Å². The Kier molecular flexibility index (Phi) is 1.77. The third kappa shape index (κ3) is 1.16. The number of hydrogen-bond acceptors (Lipinski definition) is 2. The van der Waals surface area contributed by atoms with E-state index in [2.05, 4.69) is 4.98 Å². The van der Waals surface area contributed by atoms with Crippen LogP contribution in [0.5, 0.6) is 0 Å². The first-order valence-corrected chi connectivity index (χ1v) is 4.26. The van der Waals surface area contributed by atoms with Crippen molar-refractivity contribution in [3.8, 4) is 0 Å². The molecule has 0 aliphatic rings. The van der Waals surface area contributed by atoms with Gasteiger partial charge in [0.2, 0.25) is 0 Å². The number of aryl methyl sites for hydroxylation is 2. The van der Waals surface area contributed by atoms with Crippen molar-refractivity contribution < 1.29 is 9.90 Å². The molecule has 4 heteroatoms. The molecule has 0 saturated heterocycles. The van der Waals surface area contributed by atoms with Gasteiger partial charge in [-0.15, -0.1) is 0 Å². The number of carboxylic acid groups (broad SMARTS) is 1. The van der Waals surface area contributed by atoms with Crippen LogP contribution in [0.15, 0.2) is 18.2 Å². The molecule has 1 N–H and O–H groups in total. The number of aromatic nitrogens is 2. The van der Waals surface area contributed by atoms with Crippen molar-refractivity contribution in [3.05, 3.63) is 29.6 Å². The minimum atomic E-state index is -0.995. The predicted octanol–water partition coefficient (Wildman–Crippen LogP) is 1.58. The molecule has 0 aliphatic carbocycles. The summed E-state index contributed by atoms with van der Waals surface area (Å²) in [6.45, 7) is 1.96. The van der Waals surface area contributed by atoms with E-state index in [9.17, 15) is 4.79 Å². The Balaban J connectivity index is 2.76. The summed E-state index contributed by atoms with van der Waals surface area (Å²) in [5.74, 6) is -0.995. The van der Waals surface area contributed by atoms with Gasteiger partial charge < -0.3 is 9.67 Å². The highest BCUT2D eigenvalue weighted by Crippen LogP contribution is 2.16. The van der Waals surface area contributed by atoms with Crippen molar-refractivity contribution in [2.24, 2.45) is 7.05 Å². The van der Waals surface area contributed by atoms with Gasteiger partial charge in [0.15, 0.2) is 5.69 Å². The number of carbonyl (C=O) groups is 1. The van der Waals surface area contributed by atoms with E-state index in [4.69, 9.17) is 5.11 Å². The SMILES string of the molecule is Cc1cc2ccc(C(=O)O)nc2n1C. The zero-order valence-electron chi connectivity index (χ0n) is 7.98. The second-order valence-electron chi connectivity index (χ2n) is 3.26. The van der Waals surface area contributed by atoms with Gasteiger partial charge >= 0.3 is 5.97 Å². The highest BCUT2D eigenvalue weighted by molar-refractivity contribution is 5.89. The van der Waals surface area contributed by atoms with E-state index in [-0.39, 0.29) is 5.69 Å². The van der Waals surface area contributed by atoms with Crippen LogP contribution in [-0.4, -0.2) is 20.6 Å². The van der Waals surface area contributed by atoms with Crippen molar-refractivity contribution in [2.45, 2.75) is 6.92 Å². The summed E-state index contributed by atoms with van der Waals surface area (Å²) in [7, 11) is 1.87. The van der Waals surface area contributed by atoms with Gasteiger partial charge in [-0.05, 0) is 25.1 Å². The lowest BCUT2D eigenvalue weighted by molar-refractivity contribution is 0.0691. The van der Waals surface area contributed by atoms with Crippen molar-refractivity contribution in [1.82, 2.24) is 9.55 Å². The molecular weight excluding hydrogens is 180 g/mol. The maximum Gasteiger partial charge on any atom is 0.354 e. The molecule has 0 bridgehead atoms. The molecule has 0 atom stereocenters. The number of carboxylic acids is 1. The summed E-state index contributed by atoms with van der Waals surface area (Å²) in [5.41, 5.74) is 1.86. The summed E-state index contributed by atoms with van der Waals surface area (Å²) < 4.78 is 1.88. The average Bonchev–Trinajstić information content (AvgIpc) is 2.43. The maximum absolute atomic E-state index is 10.7. The first-order valence-electron chi connectivity index (χ1n) is 4.26. The van der Waals surface area contributed by atoms with Gasteiger partial charge in [0.25, 0.3) is 0 Å². The second kappa shape index (κ2) is 2.83. The second-order valence-corrected chi connectivity index (χ2v) is 3.26. The fraction of sp³-hybridized carbons (Fsp3) is 0.200. The van der Waals surface area contributed by atoms with Crippen molar-refractivity contribution in [3.63, 3.8) is 0 Å². The summed E-state index contributed by atoms with van der Waals surface area (Å²) in [6.07, 6.45) is 0. The standard InChI is InChI=1S/C10H10N2O2/c1-6-5-7-3-4-8(10(13)14)11-9(7)12(6)2/h3-5H,1-2H3,(H,13,14).